The molecule has 1 aromatic carbocycles. The van der Waals surface area contributed by atoms with Gasteiger partial charge in [0.05, 0.1) is 16.3 Å². The standard InChI is InChI=1S/C26H20ClF4N5O4S/c1-13(2)36(23(37)19-4-3-15(27)12-33-19)20-9-18(28)21(8-16(20)24(38)39)40-22-17(26(29,30)31)7-14(10-34-22)11-35-25-32-5-6-41-25/h3-10,12-13H,11H2,1-2H3,(H,32,35)(H,38,39). The van der Waals surface area contributed by atoms with Crippen molar-refractivity contribution in [3.8, 4) is 11.6 Å². The second kappa shape index (κ2) is 12.1. The number of nitrogens with zero attached hydrogens (tertiary/aromatic N) is 4. The number of hydrogen-bond donors (Lipinski definition) is 2. The van der Waals surface area contributed by atoms with Gasteiger partial charge in [-0.15, -0.1) is 11.3 Å². The Morgan fingerprint density at radius 1 is 1.15 bits per heavy atom. The molecule has 9 nitrogen and oxygen atoms in total. The van der Waals surface area contributed by atoms with Crippen molar-refractivity contribution < 1.29 is 37.0 Å². The van der Waals surface area contributed by atoms with Crippen LogP contribution < -0.4 is 15.0 Å². The lowest BCUT2D eigenvalue weighted by molar-refractivity contribution is -0.139. The van der Waals surface area contributed by atoms with Crippen LogP contribution in [0.5, 0.6) is 11.6 Å². The van der Waals surface area contributed by atoms with Gasteiger partial charge in [0.2, 0.25) is 5.88 Å². The Kier molecular flexibility index (Phi) is 8.73. The van der Waals surface area contributed by atoms with Crippen LogP contribution in [0.4, 0.5) is 28.4 Å². The quantitative estimate of drug-likeness (QED) is 0.197. The van der Waals surface area contributed by atoms with Crippen LogP contribution in [-0.4, -0.2) is 38.0 Å². The number of carboxylic acid groups (broad SMARTS) is 1. The Hall–Kier alpha value is -4.30. The molecule has 0 aliphatic carbocycles. The van der Waals surface area contributed by atoms with Gasteiger partial charge in [0.25, 0.3) is 5.91 Å². The number of alkyl halides is 3. The zero-order valence-electron chi connectivity index (χ0n) is 21.2. The van der Waals surface area contributed by atoms with Crippen LogP contribution in [0.3, 0.4) is 0 Å². The van der Waals surface area contributed by atoms with Crippen LogP contribution in [0, 0.1) is 5.82 Å². The number of anilines is 2. The van der Waals surface area contributed by atoms with Crippen molar-refractivity contribution in [1.82, 2.24) is 15.0 Å². The van der Waals surface area contributed by atoms with Gasteiger partial charge in [0.15, 0.2) is 16.7 Å². The molecule has 1 amide bonds. The monoisotopic (exact) mass is 609 g/mol. The average molecular weight is 610 g/mol. The highest BCUT2D eigenvalue weighted by molar-refractivity contribution is 7.13. The van der Waals surface area contributed by atoms with Crippen molar-refractivity contribution in [3.63, 3.8) is 0 Å². The molecule has 15 heteroatoms. The maximum Gasteiger partial charge on any atom is 0.421 e. The minimum Gasteiger partial charge on any atom is -0.478 e. The first-order valence-electron chi connectivity index (χ1n) is 11.7. The smallest absolute Gasteiger partial charge is 0.421 e. The van der Waals surface area contributed by atoms with E-state index in [9.17, 15) is 27.9 Å². The van der Waals surface area contributed by atoms with Crippen molar-refractivity contribution >= 4 is 45.6 Å². The number of aromatic nitrogens is 3. The molecular formula is C26H20ClF4N5O4S. The Bertz CT molecular complexity index is 1570. The Balaban J connectivity index is 1.70. The van der Waals surface area contributed by atoms with Crippen molar-refractivity contribution in [3.05, 3.63) is 87.5 Å². The molecule has 214 valence electrons. The zero-order valence-corrected chi connectivity index (χ0v) is 22.8. The van der Waals surface area contributed by atoms with Crippen molar-refractivity contribution in [1.29, 1.82) is 0 Å². The minimum atomic E-state index is -4.93. The molecule has 0 saturated carbocycles. The normalized spacial score (nSPS) is 11.4. The molecule has 0 saturated heterocycles. The largest absolute Gasteiger partial charge is 0.478 e. The molecule has 0 aliphatic heterocycles. The SMILES string of the molecule is CC(C)N(C(=O)c1ccc(Cl)cn1)c1cc(F)c(Oc2ncc(CNc3nccs3)cc2C(F)(F)F)cc1C(=O)O. The van der Waals surface area contributed by atoms with Gasteiger partial charge < -0.3 is 20.1 Å². The lowest BCUT2D eigenvalue weighted by Crippen LogP contribution is -2.38. The molecule has 41 heavy (non-hydrogen) atoms. The summed E-state index contributed by atoms with van der Waals surface area (Å²) in [5.41, 5.74) is -2.21. The van der Waals surface area contributed by atoms with Crippen LogP contribution in [0.1, 0.15) is 45.8 Å². The summed E-state index contributed by atoms with van der Waals surface area (Å²) in [4.78, 5) is 38.0. The highest BCUT2D eigenvalue weighted by Crippen LogP contribution is 2.39. The summed E-state index contributed by atoms with van der Waals surface area (Å²) in [5.74, 6) is -5.38. The first-order valence-corrected chi connectivity index (χ1v) is 13.0. The number of aromatic carboxylic acids is 1. The van der Waals surface area contributed by atoms with Gasteiger partial charge in [-0.05, 0) is 37.6 Å². The molecule has 4 rings (SSSR count). The second-order valence-electron chi connectivity index (χ2n) is 8.72. The number of thiazole rings is 1. The molecule has 0 spiro atoms. The third-order valence-corrected chi connectivity index (χ3v) is 6.47. The van der Waals surface area contributed by atoms with E-state index in [0.29, 0.717) is 17.3 Å². The van der Waals surface area contributed by atoms with Gasteiger partial charge in [-0.1, -0.05) is 11.6 Å². The number of pyridine rings is 2. The fourth-order valence-corrected chi connectivity index (χ4v) is 4.35. The summed E-state index contributed by atoms with van der Waals surface area (Å²) in [6, 6.07) is 4.23. The van der Waals surface area contributed by atoms with E-state index in [1.165, 1.54) is 35.9 Å². The van der Waals surface area contributed by atoms with Crippen LogP contribution in [0.15, 0.2) is 54.3 Å². The molecular weight excluding hydrogens is 590 g/mol. The van der Waals surface area contributed by atoms with E-state index < -0.39 is 52.7 Å². The minimum absolute atomic E-state index is 0.0301. The molecule has 0 aliphatic rings. The average Bonchev–Trinajstić information content (AvgIpc) is 3.42. The molecule has 0 radical (unpaired) electrons. The number of carbonyl (C=O) groups excluding carboxylic acids is 1. The van der Waals surface area contributed by atoms with Crippen molar-refractivity contribution in [2.75, 3.05) is 10.2 Å². The molecule has 3 heterocycles. The van der Waals surface area contributed by atoms with E-state index in [1.54, 1.807) is 19.2 Å². The number of carbonyl (C=O) groups is 2. The van der Waals surface area contributed by atoms with E-state index in [4.69, 9.17) is 16.3 Å². The maximum atomic E-state index is 15.3. The van der Waals surface area contributed by atoms with E-state index in [-0.39, 0.29) is 28.5 Å². The molecule has 0 bridgehead atoms. The number of benzene rings is 1. The fourth-order valence-electron chi connectivity index (χ4n) is 3.71. The summed E-state index contributed by atoms with van der Waals surface area (Å²) in [7, 11) is 0. The van der Waals surface area contributed by atoms with E-state index in [0.717, 1.165) is 17.2 Å². The van der Waals surface area contributed by atoms with Crippen molar-refractivity contribution in [2.24, 2.45) is 0 Å². The number of amides is 1. The van der Waals surface area contributed by atoms with Gasteiger partial charge in [-0.25, -0.2) is 24.1 Å². The predicted octanol–water partition coefficient (Wildman–Crippen LogP) is 6.90. The van der Waals surface area contributed by atoms with Gasteiger partial charge in [-0.2, -0.15) is 13.2 Å². The van der Waals surface area contributed by atoms with Crippen LogP contribution in [-0.2, 0) is 12.7 Å². The van der Waals surface area contributed by atoms with Gasteiger partial charge >= 0.3 is 12.1 Å². The summed E-state index contributed by atoms with van der Waals surface area (Å²) < 4.78 is 62.1. The lowest BCUT2D eigenvalue weighted by Gasteiger charge is -2.28. The number of halogens is 5. The Morgan fingerprint density at radius 2 is 1.90 bits per heavy atom. The lowest BCUT2D eigenvalue weighted by atomic mass is 10.1. The Morgan fingerprint density at radius 3 is 2.49 bits per heavy atom. The number of carboxylic acids is 1. The highest BCUT2D eigenvalue weighted by Gasteiger charge is 2.36. The van der Waals surface area contributed by atoms with Gasteiger partial charge in [0, 0.05) is 48.7 Å². The fraction of sp³-hybridized carbons (Fsp3) is 0.192. The molecule has 0 unspecified atom stereocenters. The summed E-state index contributed by atoms with van der Waals surface area (Å²) in [6.07, 6.45) is -1.08. The molecule has 0 fully saturated rings. The van der Waals surface area contributed by atoms with Crippen molar-refractivity contribution in [2.45, 2.75) is 32.6 Å². The first-order chi connectivity index (χ1) is 19.3. The van der Waals surface area contributed by atoms with Crippen LogP contribution >= 0.6 is 22.9 Å². The summed E-state index contributed by atoms with van der Waals surface area (Å²) in [6.45, 7) is 3.09. The number of nitrogens with one attached hydrogen (secondary N) is 1. The second-order valence-corrected chi connectivity index (χ2v) is 10.1. The third-order valence-electron chi connectivity index (χ3n) is 5.52. The number of rotatable bonds is 9. The first kappa shape index (κ1) is 29.7. The summed E-state index contributed by atoms with van der Waals surface area (Å²) >= 11 is 7.08. The molecule has 2 N–H and O–H groups in total. The van der Waals surface area contributed by atoms with Crippen LogP contribution in [0.2, 0.25) is 5.02 Å². The predicted molar refractivity (Wildman–Crippen MR) is 143 cm³/mol. The molecule has 0 atom stereocenters. The van der Waals surface area contributed by atoms with Gasteiger partial charge in [-0.3, -0.25) is 4.79 Å². The zero-order chi connectivity index (χ0) is 29.9. The molecule has 4 aromatic rings. The third kappa shape index (κ3) is 6.89. The van der Waals surface area contributed by atoms with E-state index in [1.807, 2.05) is 0 Å². The van der Waals surface area contributed by atoms with E-state index >= 15 is 4.39 Å². The molecule has 3 aromatic heterocycles. The summed E-state index contributed by atoms with van der Waals surface area (Å²) in [5, 5.41) is 15.2. The van der Waals surface area contributed by atoms with E-state index in [2.05, 4.69) is 20.3 Å². The van der Waals surface area contributed by atoms with Gasteiger partial charge in [0.1, 0.15) is 11.3 Å². The van der Waals surface area contributed by atoms with Crippen LogP contribution in [0.25, 0.3) is 0 Å². The highest BCUT2D eigenvalue weighted by atomic mass is 35.5. The Labute approximate surface area is 239 Å². The number of ether oxygens (including phenoxy) is 1. The number of hydrogen-bond acceptors (Lipinski definition) is 8. The topological polar surface area (TPSA) is 118 Å². The maximum absolute atomic E-state index is 15.3.